The maximum atomic E-state index is 11.6. The summed E-state index contributed by atoms with van der Waals surface area (Å²) >= 11 is 1.51. The maximum Gasteiger partial charge on any atom is 0.354 e. The molecule has 0 fully saturated rings. The van der Waals surface area contributed by atoms with Gasteiger partial charge in [-0.25, -0.2) is 19.6 Å². The summed E-state index contributed by atoms with van der Waals surface area (Å²) in [6.07, 6.45) is 1.95. The van der Waals surface area contributed by atoms with Crippen molar-refractivity contribution in [2.75, 3.05) is 11.9 Å². The van der Waals surface area contributed by atoms with E-state index in [0.29, 0.717) is 18.7 Å². The first kappa shape index (κ1) is 13.9. The number of carboxylic acids is 1. The van der Waals surface area contributed by atoms with Gasteiger partial charge < -0.3 is 15.7 Å². The summed E-state index contributed by atoms with van der Waals surface area (Å²) in [4.78, 5) is 30.0. The number of hydrogen-bond acceptors (Lipinski definition) is 5. The number of thiazole rings is 1. The third-order valence-electron chi connectivity index (χ3n) is 2.39. The van der Waals surface area contributed by atoms with E-state index in [1.165, 1.54) is 29.7 Å². The Morgan fingerprint density at radius 3 is 2.75 bits per heavy atom. The van der Waals surface area contributed by atoms with Gasteiger partial charge in [0.1, 0.15) is 5.69 Å². The van der Waals surface area contributed by atoms with Gasteiger partial charge in [0.2, 0.25) is 0 Å². The molecule has 0 aliphatic heterocycles. The number of amides is 2. The second-order valence-electron chi connectivity index (χ2n) is 3.85. The lowest BCUT2D eigenvalue weighted by molar-refractivity contribution is 0.0690. The zero-order chi connectivity index (χ0) is 14.4. The smallest absolute Gasteiger partial charge is 0.354 e. The van der Waals surface area contributed by atoms with Crippen LogP contribution in [0.5, 0.6) is 0 Å². The molecule has 0 bridgehead atoms. The van der Waals surface area contributed by atoms with E-state index in [9.17, 15) is 9.59 Å². The summed E-state index contributed by atoms with van der Waals surface area (Å²) in [6.45, 7) is 0.468. The molecule has 8 heteroatoms. The molecule has 0 radical (unpaired) electrons. The van der Waals surface area contributed by atoms with Crippen molar-refractivity contribution < 1.29 is 14.7 Å². The van der Waals surface area contributed by atoms with Crippen LogP contribution in [0.15, 0.2) is 29.2 Å². The number of rotatable bonds is 5. The van der Waals surface area contributed by atoms with Gasteiger partial charge in [-0.15, -0.1) is 11.3 Å². The van der Waals surface area contributed by atoms with Crippen molar-refractivity contribution in [1.29, 1.82) is 0 Å². The summed E-state index contributed by atoms with van der Waals surface area (Å²) in [5.74, 6) is -1.11. The standard InChI is InChI=1S/C12H12N4O3S/c17-11(18)10-2-1-8(5-14-10)16-12(19)13-4-3-9-6-20-7-15-9/h1-2,5-7H,3-4H2,(H,17,18)(H2,13,16,19). The Labute approximate surface area is 118 Å². The van der Waals surface area contributed by atoms with E-state index < -0.39 is 5.97 Å². The molecule has 0 saturated carbocycles. The van der Waals surface area contributed by atoms with E-state index in [4.69, 9.17) is 5.11 Å². The molecule has 2 amide bonds. The van der Waals surface area contributed by atoms with Crippen molar-refractivity contribution in [3.05, 3.63) is 40.6 Å². The number of carbonyl (C=O) groups excluding carboxylic acids is 1. The lowest BCUT2D eigenvalue weighted by Crippen LogP contribution is -2.30. The number of hydrogen-bond donors (Lipinski definition) is 3. The van der Waals surface area contributed by atoms with Crippen LogP contribution in [0.1, 0.15) is 16.2 Å². The van der Waals surface area contributed by atoms with E-state index in [2.05, 4.69) is 20.6 Å². The molecule has 2 heterocycles. The average Bonchev–Trinajstić information content (AvgIpc) is 2.92. The molecule has 3 N–H and O–H groups in total. The molecule has 2 aromatic heterocycles. The second kappa shape index (κ2) is 6.62. The van der Waals surface area contributed by atoms with E-state index in [-0.39, 0.29) is 11.7 Å². The van der Waals surface area contributed by atoms with Crippen LogP contribution in [0, 0.1) is 0 Å². The first-order valence-corrected chi connectivity index (χ1v) is 6.70. The average molecular weight is 292 g/mol. The Morgan fingerprint density at radius 2 is 2.15 bits per heavy atom. The second-order valence-corrected chi connectivity index (χ2v) is 4.57. The maximum absolute atomic E-state index is 11.6. The Kier molecular flexibility index (Phi) is 4.61. The molecule has 0 saturated heterocycles. The molecule has 0 aromatic carbocycles. The summed E-state index contributed by atoms with van der Waals surface area (Å²) in [5.41, 5.74) is 3.04. The summed E-state index contributed by atoms with van der Waals surface area (Å²) in [6, 6.07) is 2.44. The number of nitrogens with one attached hydrogen (secondary N) is 2. The number of pyridine rings is 1. The van der Waals surface area contributed by atoms with Gasteiger partial charge in [-0.2, -0.15) is 0 Å². The van der Waals surface area contributed by atoms with E-state index in [1.807, 2.05) is 5.38 Å². The van der Waals surface area contributed by atoms with Crippen LogP contribution in [0.4, 0.5) is 10.5 Å². The zero-order valence-electron chi connectivity index (χ0n) is 10.4. The third kappa shape index (κ3) is 4.02. The molecular formula is C12H12N4O3S. The Bertz CT molecular complexity index is 583. The lowest BCUT2D eigenvalue weighted by Gasteiger charge is -2.06. The van der Waals surface area contributed by atoms with Gasteiger partial charge in [0, 0.05) is 18.3 Å². The first-order valence-electron chi connectivity index (χ1n) is 5.76. The van der Waals surface area contributed by atoms with Crippen LogP contribution in [-0.2, 0) is 6.42 Å². The van der Waals surface area contributed by atoms with Gasteiger partial charge in [-0.1, -0.05) is 0 Å². The van der Waals surface area contributed by atoms with Gasteiger partial charge in [0.05, 0.1) is 23.1 Å². The molecule has 2 rings (SSSR count). The van der Waals surface area contributed by atoms with Gasteiger partial charge in [-0.05, 0) is 12.1 Å². The fraction of sp³-hybridized carbons (Fsp3) is 0.167. The molecule has 7 nitrogen and oxygen atoms in total. The van der Waals surface area contributed by atoms with Gasteiger partial charge >= 0.3 is 12.0 Å². The summed E-state index contributed by atoms with van der Waals surface area (Å²) in [7, 11) is 0. The SMILES string of the molecule is O=C(NCCc1cscn1)Nc1ccc(C(=O)O)nc1. The largest absolute Gasteiger partial charge is 0.477 e. The highest BCUT2D eigenvalue weighted by Gasteiger charge is 2.05. The number of carboxylic acid groups (broad SMARTS) is 1. The normalized spacial score (nSPS) is 10.0. The van der Waals surface area contributed by atoms with E-state index in [1.54, 1.807) is 5.51 Å². The lowest BCUT2D eigenvalue weighted by atomic mass is 10.3. The van der Waals surface area contributed by atoms with Crippen LogP contribution in [0.2, 0.25) is 0 Å². The van der Waals surface area contributed by atoms with Crippen molar-refractivity contribution in [2.24, 2.45) is 0 Å². The van der Waals surface area contributed by atoms with Crippen molar-refractivity contribution >= 4 is 29.0 Å². The fourth-order valence-corrected chi connectivity index (χ4v) is 2.03. The van der Waals surface area contributed by atoms with E-state index in [0.717, 1.165) is 5.69 Å². The minimum atomic E-state index is -1.11. The monoisotopic (exact) mass is 292 g/mol. The number of carbonyl (C=O) groups is 2. The molecule has 0 aliphatic rings. The number of aromatic nitrogens is 2. The molecule has 104 valence electrons. The Balaban J connectivity index is 1.77. The summed E-state index contributed by atoms with van der Waals surface area (Å²) in [5, 5.41) is 15.9. The van der Waals surface area contributed by atoms with Crippen LogP contribution in [-0.4, -0.2) is 33.6 Å². The topological polar surface area (TPSA) is 104 Å². The minimum absolute atomic E-state index is 0.0699. The van der Waals surface area contributed by atoms with Crippen LogP contribution >= 0.6 is 11.3 Å². The quantitative estimate of drug-likeness (QED) is 0.776. The third-order valence-corrected chi connectivity index (χ3v) is 3.03. The Hall–Kier alpha value is -2.48. The van der Waals surface area contributed by atoms with Crippen molar-refractivity contribution in [1.82, 2.24) is 15.3 Å². The molecule has 0 spiro atoms. The molecule has 0 aliphatic carbocycles. The highest BCUT2D eigenvalue weighted by Crippen LogP contribution is 2.06. The number of nitrogens with zero attached hydrogens (tertiary/aromatic N) is 2. The predicted molar refractivity (Wildman–Crippen MR) is 74.0 cm³/mol. The predicted octanol–water partition coefficient (Wildman–Crippen LogP) is 1.60. The van der Waals surface area contributed by atoms with Gasteiger partial charge in [-0.3, -0.25) is 0 Å². The molecule has 2 aromatic rings. The molecule has 0 atom stereocenters. The summed E-state index contributed by atoms with van der Waals surface area (Å²) < 4.78 is 0. The van der Waals surface area contributed by atoms with Crippen LogP contribution < -0.4 is 10.6 Å². The van der Waals surface area contributed by atoms with Crippen molar-refractivity contribution in [3.8, 4) is 0 Å². The van der Waals surface area contributed by atoms with Crippen LogP contribution in [0.25, 0.3) is 0 Å². The molecule has 20 heavy (non-hydrogen) atoms. The molecular weight excluding hydrogens is 280 g/mol. The van der Waals surface area contributed by atoms with E-state index >= 15 is 0 Å². The van der Waals surface area contributed by atoms with Crippen LogP contribution in [0.3, 0.4) is 0 Å². The van der Waals surface area contributed by atoms with Gasteiger partial charge in [0.25, 0.3) is 0 Å². The number of anilines is 1. The minimum Gasteiger partial charge on any atom is -0.477 e. The highest BCUT2D eigenvalue weighted by molar-refractivity contribution is 7.07. The van der Waals surface area contributed by atoms with Crippen molar-refractivity contribution in [3.63, 3.8) is 0 Å². The van der Waals surface area contributed by atoms with Gasteiger partial charge in [0.15, 0.2) is 0 Å². The fourth-order valence-electron chi connectivity index (χ4n) is 1.43. The Morgan fingerprint density at radius 1 is 1.30 bits per heavy atom. The zero-order valence-corrected chi connectivity index (χ0v) is 11.2. The van der Waals surface area contributed by atoms with Crippen molar-refractivity contribution in [2.45, 2.75) is 6.42 Å². The molecule has 0 unspecified atom stereocenters. The number of urea groups is 1. The highest BCUT2D eigenvalue weighted by atomic mass is 32.1. The first-order chi connectivity index (χ1) is 9.65. The number of aromatic carboxylic acids is 1.